The van der Waals surface area contributed by atoms with Crippen LogP contribution in [0, 0.1) is 0 Å². The first kappa shape index (κ1) is 74.7. The summed E-state index contributed by atoms with van der Waals surface area (Å²) in [6, 6.07) is 0. The topological polar surface area (TPSA) is 155 Å². The van der Waals surface area contributed by atoms with Gasteiger partial charge in [-0.05, 0) is 89.9 Å². The number of unbranched alkanes of at least 4 members (excludes halogenated alkanes) is 27. The second-order valence-electron chi connectivity index (χ2n) is 20.8. The second kappa shape index (κ2) is 59.8. The molecular formula is C66H115O11P. The Morgan fingerprint density at radius 2 is 0.667 bits per heavy atom. The zero-order chi connectivity index (χ0) is 56.9. The Bertz CT molecular complexity index is 1630. The third-order valence-electron chi connectivity index (χ3n) is 13.3. The van der Waals surface area contributed by atoms with Crippen LogP contribution in [0.4, 0.5) is 0 Å². The maximum Gasteiger partial charge on any atom is 0.472 e. The van der Waals surface area contributed by atoms with Crippen molar-refractivity contribution in [3.05, 3.63) is 85.1 Å². The first-order chi connectivity index (χ1) is 38.2. The Kier molecular flexibility index (Phi) is 57.2. The maximum atomic E-state index is 12.9. The quantitative estimate of drug-likeness (QED) is 0.0197. The van der Waals surface area contributed by atoms with Crippen molar-refractivity contribution in [3.63, 3.8) is 0 Å². The molecule has 0 aromatic heterocycles. The van der Waals surface area contributed by atoms with E-state index in [1.807, 2.05) is 0 Å². The molecule has 0 aromatic rings. The Hall–Kier alpha value is -3.34. The van der Waals surface area contributed by atoms with Gasteiger partial charge < -0.3 is 24.2 Å². The molecule has 0 aromatic carbocycles. The molecule has 0 aliphatic carbocycles. The summed E-state index contributed by atoms with van der Waals surface area (Å²) in [6.45, 7) is 4.42. The highest BCUT2D eigenvalue weighted by Gasteiger charge is 2.28. The predicted octanol–water partition coefficient (Wildman–Crippen LogP) is 19.0. The molecule has 12 heteroatoms. The lowest BCUT2D eigenvalue weighted by molar-refractivity contribution is -0.161. The molecule has 78 heavy (non-hydrogen) atoms. The average molecular weight is 1120 g/mol. The molecular weight excluding hydrogens is 1000 g/mol. The van der Waals surface area contributed by atoms with Crippen molar-refractivity contribution in [1.29, 1.82) is 0 Å². The minimum absolute atomic E-state index is 0.145. The summed E-state index contributed by atoms with van der Waals surface area (Å²) in [7, 11) is -4.76. The van der Waals surface area contributed by atoms with Crippen LogP contribution in [0.2, 0.25) is 0 Å². The summed E-state index contributed by atoms with van der Waals surface area (Å²) >= 11 is 0. The van der Waals surface area contributed by atoms with E-state index in [0.717, 1.165) is 135 Å². The molecule has 450 valence electrons. The number of aliphatic hydroxyl groups is 1. The largest absolute Gasteiger partial charge is 0.472 e. The maximum absolute atomic E-state index is 12.9. The SMILES string of the molecule is CC/C=C\C/C=C\C/C=C\C/C=C\CCCCCCCCC(=O)OC(COC(=O)CCCCCCC/C=C\C/C=C\C/C=C\CC)COP(=O)(O)OCC(CO)OC(=O)CCCCCCCCCCCCCCCCCCC. The van der Waals surface area contributed by atoms with Gasteiger partial charge in [-0.15, -0.1) is 0 Å². The van der Waals surface area contributed by atoms with Crippen molar-refractivity contribution in [2.75, 3.05) is 26.4 Å². The minimum atomic E-state index is -4.76. The molecule has 0 saturated heterocycles. The first-order valence-corrected chi connectivity index (χ1v) is 33.0. The normalized spacial score (nSPS) is 13.9. The fourth-order valence-electron chi connectivity index (χ4n) is 8.60. The van der Waals surface area contributed by atoms with Gasteiger partial charge in [0.05, 0.1) is 19.8 Å². The third-order valence-corrected chi connectivity index (χ3v) is 14.3. The number of allylic oxidation sites excluding steroid dienone is 14. The van der Waals surface area contributed by atoms with Gasteiger partial charge in [0.1, 0.15) is 12.7 Å². The molecule has 0 radical (unpaired) electrons. The summed E-state index contributed by atoms with van der Waals surface area (Å²) in [6.07, 6.45) is 69.6. The molecule has 0 amide bonds. The van der Waals surface area contributed by atoms with Crippen molar-refractivity contribution < 1.29 is 52.2 Å². The van der Waals surface area contributed by atoms with E-state index in [9.17, 15) is 28.9 Å². The molecule has 3 atom stereocenters. The molecule has 0 heterocycles. The second-order valence-corrected chi connectivity index (χ2v) is 22.3. The Labute approximate surface area is 477 Å². The van der Waals surface area contributed by atoms with Crippen LogP contribution in [0.5, 0.6) is 0 Å². The van der Waals surface area contributed by atoms with Crippen LogP contribution in [0.1, 0.15) is 278 Å². The van der Waals surface area contributed by atoms with E-state index in [4.69, 9.17) is 23.3 Å². The van der Waals surface area contributed by atoms with Gasteiger partial charge >= 0.3 is 25.7 Å². The van der Waals surface area contributed by atoms with Gasteiger partial charge in [-0.2, -0.15) is 0 Å². The number of carbonyl (C=O) groups excluding carboxylic acids is 3. The molecule has 0 fully saturated rings. The van der Waals surface area contributed by atoms with Gasteiger partial charge in [-0.1, -0.05) is 254 Å². The van der Waals surface area contributed by atoms with E-state index < -0.39 is 57.8 Å². The Morgan fingerprint density at radius 1 is 0.372 bits per heavy atom. The highest BCUT2D eigenvalue weighted by atomic mass is 31.2. The van der Waals surface area contributed by atoms with Gasteiger partial charge in [-0.3, -0.25) is 23.4 Å². The molecule has 11 nitrogen and oxygen atoms in total. The van der Waals surface area contributed by atoms with Gasteiger partial charge in [0.25, 0.3) is 0 Å². The van der Waals surface area contributed by atoms with Crippen LogP contribution >= 0.6 is 7.82 Å². The molecule has 0 spiro atoms. The van der Waals surface area contributed by atoms with Crippen LogP contribution in [0.3, 0.4) is 0 Å². The van der Waals surface area contributed by atoms with E-state index in [0.29, 0.717) is 19.3 Å². The fraction of sp³-hybridized carbons (Fsp3) is 0.742. The molecule has 3 unspecified atom stereocenters. The first-order valence-electron chi connectivity index (χ1n) is 31.5. The lowest BCUT2D eigenvalue weighted by atomic mass is 10.0. The number of esters is 3. The van der Waals surface area contributed by atoms with Crippen LogP contribution in [0.25, 0.3) is 0 Å². The van der Waals surface area contributed by atoms with E-state index >= 15 is 0 Å². The van der Waals surface area contributed by atoms with Crippen molar-refractivity contribution >= 4 is 25.7 Å². The lowest BCUT2D eigenvalue weighted by Gasteiger charge is -2.21. The van der Waals surface area contributed by atoms with Crippen LogP contribution in [-0.2, 0) is 42.2 Å². The molecule has 0 saturated carbocycles. The van der Waals surface area contributed by atoms with E-state index in [1.165, 1.54) is 83.5 Å². The van der Waals surface area contributed by atoms with Gasteiger partial charge in [-0.25, -0.2) is 4.57 Å². The smallest absolute Gasteiger partial charge is 0.462 e. The molecule has 0 aliphatic heterocycles. The number of carbonyl (C=O) groups is 3. The van der Waals surface area contributed by atoms with Gasteiger partial charge in [0.2, 0.25) is 0 Å². The number of phosphoric acid groups is 1. The lowest BCUT2D eigenvalue weighted by Crippen LogP contribution is -2.30. The number of phosphoric ester groups is 1. The molecule has 2 N–H and O–H groups in total. The minimum Gasteiger partial charge on any atom is -0.462 e. The Morgan fingerprint density at radius 3 is 1.03 bits per heavy atom. The van der Waals surface area contributed by atoms with E-state index in [1.54, 1.807) is 0 Å². The number of hydrogen-bond acceptors (Lipinski definition) is 10. The van der Waals surface area contributed by atoms with Gasteiger partial charge in [0.15, 0.2) is 6.10 Å². The molecule has 0 rings (SSSR count). The van der Waals surface area contributed by atoms with E-state index in [2.05, 4.69) is 106 Å². The van der Waals surface area contributed by atoms with E-state index in [-0.39, 0.29) is 25.9 Å². The van der Waals surface area contributed by atoms with Crippen molar-refractivity contribution in [3.8, 4) is 0 Å². The Balaban J connectivity index is 4.72. The standard InChI is InChI=1S/C66H115O11P/c1-4-7-10-13-16-19-22-25-28-30-31-33-36-39-42-45-48-51-54-57-66(70)77-63(59-73-64(68)55-52-49-46-43-40-37-34-27-24-21-18-15-12-9-6-3)61-75-78(71,72)74-60-62(58-67)76-65(69)56-53-50-47-44-41-38-35-32-29-26-23-20-17-14-11-8-5-2/h7,9-10,12,16,18-19,21,25,27-28,31,33-34,62-63,67H,4-6,8,11,13-15,17,20,22-24,26,29-30,32,35-61H2,1-3H3,(H,71,72)/b10-7-,12-9-,19-16-,21-18-,28-25-,33-31-,34-27-. The monoisotopic (exact) mass is 1110 g/mol. The van der Waals surface area contributed by atoms with Crippen LogP contribution in [-0.4, -0.2) is 66.5 Å². The number of aliphatic hydroxyl groups excluding tert-OH is 1. The number of ether oxygens (including phenoxy) is 3. The summed E-state index contributed by atoms with van der Waals surface area (Å²) in [4.78, 5) is 48.7. The summed E-state index contributed by atoms with van der Waals surface area (Å²) in [5, 5.41) is 9.85. The summed E-state index contributed by atoms with van der Waals surface area (Å²) in [5.74, 6) is -1.49. The zero-order valence-electron chi connectivity index (χ0n) is 49.9. The van der Waals surface area contributed by atoms with Crippen LogP contribution in [0.15, 0.2) is 85.1 Å². The highest BCUT2D eigenvalue weighted by molar-refractivity contribution is 7.47. The zero-order valence-corrected chi connectivity index (χ0v) is 50.8. The highest BCUT2D eigenvalue weighted by Crippen LogP contribution is 2.43. The van der Waals surface area contributed by atoms with Gasteiger partial charge in [0, 0.05) is 19.3 Å². The molecule has 0 aliphatic rings. The number of rotatable bonds is 58. The third kappa shape index (κ3) is 57.3. The molecule has 0 bridgehead atoms. The van der Waals surface area contributed by atoms with Crippen molar-refractivity contribution in [2.45, 2.75) is 290 Å². The summed E-state index contributed by atoms with van der Waals surface area (Å²) in [5.41, 5.74) is 0. The number of hydrogen-bond donors (Lipinski definition) is 2. The van der Waals surface area contributed by atoms with Crippen molar-refractivity contribution in [2.24, 2.45) is 0 Å². The van der Waals surface area contributed by atoms with Crippen LogP contribution < -0.4 is 0 Å². The fourth-order valence-corrected chi connectivity index (χ4v) is 9.38. The average Bonchev–Trinajstić information content (AvgIpc) is 3.43. The summed E-state index contributed by atoms with van der Waals surface area (Å²) < 4.78 is 39.6. The van der Waals surface area contributed by atoms with Crippen molar-refractivity contribution in [1.82, 2.24) is 0 Å². The predicted molar refractivity (Wildman–Crippen MR) is 325 cm³/mol.